The van der Waals surface area contributed by atoms with Gasteiger partial charge in [0.2, 0.25) is 0 Å². The fourth-order valence-corrected chi connectivity index (χ4v) is 6.45. The van der Waals surface area contributed by atoms with Gasteiger partial charge in [-0.15, -0.1) is 0 Å². The van der Waals surface area contributed by atoms with E-state index in [9.17, 15) is 14.0 Å². The molecule has 5 aliphatic rings. The van der Waals surface area contributed by atoms with Crippen LogP contribution < -0.4 is 0 Å². The van der Waals surface area contributed by atoms with Gasteiger partial charge in [-0.2, -0.15) is 0 Å². The third-order valence-electron chi connectivity index (χ3n) is 7.91. The van der Waals surface area contributed by atoms with Crippen LogP contribution in [0.2, 0.25) is 0 Å². The van der Waals surface area contributed by atoms with Gasteiger partial charge in [0.15, 0.2) is 17.7 Å². The van der Waals surface area contributed by atoms with Gasteiger partial charge in [0.25, 0.3) is 0 Å². The fraction of sp³-hybridized carbons (Fsp3) is 0.789. The number of rotatable bonds is 0. The highest BCUT2D eigenvalue weighted by molar-refractivity contribution is 5.98. The van der Waals surface area contributed by atoms with E-state index in [0.29, 0.717) is 6.10 Å². The summed E-state index contributed by atoms with van der Waals surface area (Å²) in [4.78, 5) is 25.3. The Labute approximate surface area is 135 Å². The van der Waals surface area contributed by atoms with E-state index >= 15 is 0 Å². The van der Waals surface area contributed by atoms with E-state index in [-0.39, 0.29) is 47.3 Å². The zero-order valence-electron chi connectivity index (χ0n) is 13.7. The summed E-state index contributed by atoms with van der Waals surface area (Å²) in [5.74, 6) is -0.193. The number of hydrogen-bond donors (Lipinski definition) is 0. The number of ketones is 2. The monoisotopic (exact) mass is 318 g/mol. The van der Waals surface area contributed by atoms with Gasteiger partial charge >= 0.3 is 0 Å². The molecule has 1 heterocycles. The van der Waals surface area contributed by atoms with Crippen molar-refractivity contribution in [1.29, 1.82) is 0 Å². The van der Waals surface area contributed by atoms with Crippen molar-refractivity contribution >= 4 is 11.6 Å². The Hall–Kier alpha value is -1.03. The fourth-order valence-electron chi connectivity index (χ4n) is 6.45. The second kappa shape index (κ2) is 4.14. The normalized spacial score (nSPS) is 57.1. The molecule has 3 unspecified atom stereocenters. The summed E-state index contributed by atoms with van der Waals surface area (Å²) in [6, 6.07) is 0. The molecule has 23 heavy (non-hydrogen) atoms. The second-order valence-corrected chi connectivity index (χ2v) is 8.82. The van der Waals surface area contributed by atoms with Gasteiger partial charge in [-0.25, -0.2) is 4.39 Å². The van der Waals surface area contributed by atoms with Crippen molar-refractivity contribution in [3.63, 3.8) is 0 Å². The van der Waals surface area contributed by atoms with Crippen LogP contribution in [-0.4, -0.2) is 29.9 Å². The minimum Gasteiger partial charge on any atom is -0.365 e. The van der Waals surface area contributed by atoms with Crippen LogP contribution in [0.5, 0.6) is 0 Å². The Kier molecular flexibility index (Phi) is 2.58. The molecule has 4 heteroatoms. The Morgan fingerprint density at radius 1 is 1.13 bits per heavy atom. The smallest absolute Gasteiger partial charge is 0.173 e. The molecule has 124 valence electrons. The number of epoxide rings is 1. The first kappa shape index (κ1) is 14.3. The SMILES string of the molecule is C[C@]12CCC3OC3C1=CC(=O)[C@@H]1[C@H]2CC[C@]2(C)C(=O)C(F)C[C@@H]12. The van der Waals surface area contributed by atoms with E-state index in [0.717, 1.165) is 25.7 Å². The van der Waals surface area contributed by atoms with Crippen molar-refractivity contribution in [3.05, 3.63) is 11.6 Å². The number of allylic oxidation sites excluding steroid dienone is 1. The summed E-state index contributed by atoms with van der Waals surface area (Å²) in [6.45, 7) is 4.17. The second-order valence-electron chi connectivity index (χ2n) is 8.82. The van der Waals surface area contributed by atoms with Crippen LogP contribution in [0.15, 0.2) is 11.6 Å². The predicted octanol–water partition coefficient (Wildman–Crippen LogP) is 3.02. The highest BCUT2D eigenvalue weighted by Gasteiger charge is 2.66. The summed E-state index contributed by atoms with van der Waals surface area (Å²) < 4.78 is 19.9. The van der Waals surface area contributed by atoms with Crippen molar-refractivity contribution in [2.24, 2.45) is 28.6 Å². The van der Waals surface area contributed by atoms with Gasteiger partial charge in [-0.1, -0.05) is 13.8 Å². The molecular weight excluding hydrogens is 295 g/mol. The number of carbonyl (C=O) groups excluding carboxylic acids is 2. The maximum Gasteiger partial charge on any atom is 0.173 e. The molecule has 0 spiro atoms. The summed E-state index contributed by atoms with van der Waals surface area (Å²) in [7, 11) is 0. The van der Waals surface area contributed by atoms with Crippen molar-refractivity contribution in [3.8, 4) is 0 Å². The van der Waals surface area contributed by atoms with Crippen molar-refractivity contribution < 1.29 is 18.7 Å². The maximum absolute atomic E-state index is 14.2. The number of halogens is 1. The Morgan fingerprint density at radius 3 is 2.65 bits per heavy atom. The van der Waals surface area contributed by atoms with Crippen LogP contribution >= 0.6 is 0 Å². The molecule has 0 radical (unpaired) electrons. The minimum absolute atomic E-state index is 0.00494. The molecule has 4 fully saturated rings. The van der Waals surface area contributed by atoms with Gasteiger partial charge in [0.1, 0.15) is 6.10 Å². The average molecular weight is 318 g/mol. The van der Waals surface area contributed by atoms with E-state index in [2.05, 4.69) is 6.92 Å². The predicted molar refractivity (Wildman–Crippen MR) is 81.4 cm³/mol. The summed E-state index contributed by atoms with van der Waals surface area (Å²) in [5, 5.41) is 0. The van der Waals surface area contributed by atoms with Gasteiger partial charge in [-0.05, 0) is 61.0 Å². The van der Waals surface area contributed by atoms with E-state index in [1.807, 2.05) is 13.0 Å². The summed E-state index contributed by atoms with van der Waals surface area (Å²) in [6.07, 6.45) is 4.82. The van der Waals surface area contributed by atoms with E-state index in [1.54, 1.807) is 0 Å². The van der Waals surface area contributed by atoms with Gasteiger partial charge < -0.3 is 4.74 Å². The van der Waals surface area contributed by atoms with Crippen LogP contribution in [-0.2, 0) is 14.3 Å². The van der Waals surface area contributed by atoms with E-state index in [4.69, 9.17) is 4.74 Å². The lowest BCUT2D eigenvalue weighted by atomic mass is 9.48. The standard InChI is InChI=1S/C19H23FO3/c1-18-6-4-14-16(23-14)11(18)8-13(21)15-9(18)3-5-19(2)10(15)7-12(20)17(19)22/h8-10,12,14-16H,3-7H2,1-2H3/t9-,10+,12?,14?,15-,16?,18-,19+/m1/s1. The molecule has 0 bridgehead atoms. The topological polar surface area (TPSA) is 46.7 Å². The minimum atomic E-state index is -1.38. The van der Waals surface area contributed by atoms with Crippen LogP contribution in [0, 0.1) is 28.6 Å². The molecular formula is C19H23FO3. The summed E-state index contributed by atoms with van der Waals surface area (Å²) >= 11 is 0. The first-order valence-corrected chi connectivity index (χ1v) is 8.96. The Morgan fingerprint density at radius 2 is 1.87 bits per heavy atom. The van der Waals surface area contributed by atoms with E-state index < -0.39 is 11.6 Å². The van der Waals surface area contributed by atoms with Crippen LogP contribution in [0.1, 0.15) is 46.0 Å². The van der Waals surface area contributed by atoms with Gasteiger partial charge in [0, 0.05) is 11.3 Å². The number of ether oxygens (including phenoxy) is 1. The number of alkyl halides is 1. The molecule has 0 N–H and O–H groups in total. The highest BCUT2D eigenvalue weighted by atomic mass is 19.1. The molecule has 0 amide bonds. The van der Waals surface area contributed by atoms with Gasteiger partial charge in [0.05, 0.1) is 6.10 Å². The van der Waals surface area contributed by atoms with Gasteiger partial charge in [-0.3, -0.25) is 9.59 Å². The Bertz CT molecular complexity index is 655. The molecule has 3 nitrogen and oxygen atoms in total. The lowest BCUT2D eigenvalue weighted by Crippen LogP contribution is -2.53. The number of carbonyl (C=O) groups is 2. The third kappa shape index (κ3) is 1.59. The largest absolute Gasteiger partial charge is 0.365 e. The Balaban J connectivity index is 1.60. The van der Waals surface area contributed by atoms with Crippen molar-refractivity contribution in [2.45, 2.75) is 64.3 Å². The number of fused-ring (bicyclic) bond motifs is 7. The molecule has 1 aliphatic heterocycles. The van der Waals surface area contributed by atoms with Crippen molar-refractivity contribution in [2.75, 3.05) is 0 Å². The molecule has 0 aromatic carbocycles. The van der Waals surface area contributed by atoms with Crippen LogP contribution in [0.25, 0.3) is 0 Å². The molecule has 1 saturated heterocycles. The lowest BCUT2D eigenvalue weighted by molar-refractivity contribution is -0.140. The maximum atomic E-state index is 14.2. The molecule has 0 aromatic heterocycles. The first-order valence-electron chi connectivity index (χ1n) is 8.96. The molecule has 0 aromatic rings. The number of hydrogen-bond acceptors (Lipinski definition) is 3. The zero-order valence-corrected chi connectivity index (χ0v) is 13.7. The third-order valence-corrected chi connectivity index (χ3v) is 7.91. The van der Waals surface area contributed by atoms with Crippen LogP contribution in [0.3, 0.4) is 0 Å². The lowest BCUT2D eigenvalue weighted by Gasteiger charge is -2.54. The number of Topliss-reactive ketones (excluding diaryl/α,β-unsaturated/α-hetero) is 1. The average Bonchev–Trinajstić information content (AvgIpc) is 3.25. The highest BCUT2D eigenvalue weighted by Crippen LogP contribution is 2.65. The molecule has 4 aliphatic carbocycles. The van der Waals surface area contributed by atoms with Crippen molar-refractivity contribution in [1.82, 2.24) is 0 Å². The van der Waals surface area contributed by atoms with Crippen LogP contribution in [0.4, 0.5) is 4.39 Å². The first-order chi connectivity index (χ1) is 10.9. The molecule has 8 atom stereocenters. The molecule has 3 saturated carbocycles. The quantitative estimate of drug-likeness (QED) is 0.645. The summed E-state index contributed by atoms with van der Waals surface area (Å²) in [5.41, 5.74) is 0.546. The zero-order chi connectivity index (χ0) is 16.1. The van der Waals surface area contributed by atoms with E-state index in [1.165, 1.54) is 5.57 Å². The molecule has 5 rings (SSSR count).